The number of para-hydroxylation sites is 2. The summed E-state index contributed by atoms with van der Waals surface area (Å²) >= 11 is 0. The highest BCUT2D eigenvalue weighted by atomic mass is 15.2. The van der Waals surface area contributed by atoms with Crippen molar-refractivity contribution < 1.29 is 0 Å². The Labute approximate surface area is 594 Å². The summed E-state index contributed by atoms with van der Waals surface area (Å²) in [4.78, 5) is 11.3. The van der Waals surface area contributed by atoms with Gasteiger partial charge in [-0.2, -0.15) is 4.98 Å². The SMILES string of the molecule is CC1(C)c2ccccc2-c2cc(-c3ccc(-c4ccccc4)c(Nc4cc(-c5ccc(-c6ccc(-n7c8ccccc8c8ccc(-c9ccc%10c(c9)-c9ccccc9C%10(C)C)cc87)cc6)cc5)nc(-n5c6ccccc6c6ccc(-c7ccc8c(c7)-c7ccccc7C8(C)C)cc65)n4)c3)ccc21. The van der Waals surface area contributed by atoms with Gasteiger partial charge >= 0.3 is 0 Å². The third kappa shape index (κ3) is 9.10. The molecule has 5 nitrogen and oxygen atoms in total. The zero-order chi connectivity index (χ0) is 68.3. The second kappa shape index (κ2) is 22.3. The van der Waals surface area contributed by atoms with Gasteiger partial charge in [0.25, 0.3) is 0 Å². The molecule has 0 saturated heterocycles. The van der Waals surface area contributed by atoms with Crippen LogP contribution in [0.3, 0.4) is 0 Å². The molecule has 102 heavy (non-hydrogen) atoms. The van der Waals surface area contributed by atoms with E-state index >= 15 is 0 Å². The minimum absolute atomic E-state index is 0.0450. The van der Waals surface area contributed by atoms with Crippen LogP contribution in [-0.2, 0) is 16.2 Å². The van der Waals surface area contributed by atoms with Gasteiger partial charge in [0.15, 0.2) is 0 Å². The Balaban J connectivity index is 0.701. The van der Waals surface area contributed by atoms with Gasteiger partial charge in [0, 0.05) is 66.4 Å². The smallest absolute Gasteiger partial charge is 0.237 e. The van der Waals surface area contributed by atoms with Crippen LogP contribution in [0.25, 0.3) is 156 Å². The van der Waals surface area contributed by atoms with Gasteiger partial charge in [0.1, 0.15) is 5.82 Å². The van der Waals surface area contributed by atoms with E-state index in [2.05, 4.69) is 371 Å². The quantitative estimate of drug-likeness (QED) is 0.148. The monoisotopic (exact) mass is 1310 g/mol. The van der Waals surface area contributed by atoms with Gasteiger partial charge in [-0.05, 0) is 177 Å². The number of nitrogens with one attached hydrogen (secondary N) is 1. The lowest BCUT2D eigenvalue weighted by Crippen LogP contribution is -2.14. The van der Waals surface area contributed by atoms with Crippen LogP contribution in [0.2, 0.25) is 0 Å². The number of anilines is 2. The van der Waals surface area contributed by atoms with Crippen molar-refractivity contribution in [1.29, 1.82) is 0 Å². The first-order valence-electron chi connectivity index (χ1n) is 35.7. The molecular formula is C97H71N5. The van der Waals surface area contributed by atoms with E-state index in [1.54, 1.807) is 0 Å². The lowest BCUT2D eigenvalue weighted by molar-refractivity contribution is 0.660. The molecule has 5 heteroatoms. The van der Waals surface area contributed by atoms with Gasteiger partial charge in [-0.3, -0.25) is 4.57 Å². The predicted molar refractivity (Wildman–Crippen MR) is 426 cm³/mol. The third-order valence-corrected chi connectivity index (χ3v) is 23.0. The van der Waals surface area contributed by atoms with Crippen LogP contribution in [0.5, 0.6) is 0 Å². The van der Waals surface area contributed by atoms with Crippen LogP contribution in [0.4, 0.5) is 11.5 Å². The summed E-state index contributed by atoms with van der Waals surface area (Å²) in [5.74, 6) is 1.24. The molecule has 0 amide bonds. The highest BCUT2D eigenvalue weighted by Crippen LogP contribution is 2.53. The van der Waals surface area contributed by atoms with Crippen LogP contribution in [0.1, 0.15) is 74.9 Å². The van der Waals surface area contributed by atoms with E-state index in [9.17, 15) is 0 Å². The summed E-state index contributed by atoms with van der Waals surface area (Å²) in [7, 11) is 0. The Kier molecular flexibility index (Phi) is 13.0. The number of hydrogen-bond acceptors (Lipinski definition) is 3. The van der Waals surface area contributed by atoms with Crippen molar-refractivity contribution in [3.8, 4) is 112 Å². The fourth-order valence-electron chi connectivity index (χ4n) is 17.7. The average molecular weight is 1310 g/mol. The zero-order valence-corrected chi connectivity index (χ0v) is 57.8. The molecule has 0 aliphatic heterocycles. The molecule has 14 aromatic carbocycles. The summed E-state index contributed by atoms with van der Waals surface area (Å²) in [6.45, 7) is 14.1. The molecule has 20 rings (SSSR count). The summed E-state index contributed by atoms with van der Waals surface area (Å²) in [5.41, 5.74) is 35.5. The molecule has 3 aliphatic carbocycles. The fourth-order valence-corrected chi connectivity index (χ4v) is 17.7. The molecule has 0 fully saturated rings. The van der Waals surface area contributed by atoms with Crippen LogP contribution >= 0.6 is 0 Å². The Hall–Kier alpha value is -12.4. The number of benzene rings is 14. The summed E-state index contributed by atoms with van der Waals surface area (Å²) in [6, 6.07) is 117. The molecule has 3 aliphatic rings. The van der Waals surface area contributed by atoms with Crippen molar-refractivity contribution in [3.63, 3.8) is 0 Å². The lowest BCUT2D eigenvalue weighted by atomic mass is 9.82. The Morgan fingerprint density at radius 1 is 0.245 bits per heavy atom. The van der Waals surface area contributed by atoms with Crippen molar-refractivity contribution in [3.05, 3.63) is 349 Å². The number of rotatable bonds is 10. The van der Waals surface area contributed by atoms with Gasteiger partial charge < -0.3 is 9.88 Å². The first kappa shape index (κ1) is 59.6. The van der Waals surface area contributed by atoms with Crippen molar-refractivity contribution in [1.82, 2.24) is 19.1 Å². The molecule has 0 spiro atoms. The van der Waals surface area contributed by atoms with E-state index in [0.717, 1.165) is 83.4 Å². The first-order chi connectivity index (χ1) is 49.8. The molecule has 0 atom stereocenters. The molecular weight excluding hydrogens is 1240 g/mol. The molecule has 0 radical (unpaired) electrons. The largest absolute Gasteiger partial charge is 0.340 e. The van der Waals surface area contributed by atoms with Gasteiger partial charge in [-0.15, -0.1) is 0 Å². The predicted octanol–water partition coefficient (Wildman–Crippen LogP) is 25.3. The zero-order valence-electron chi connectivity index (χ0n) is 57.8. The molecule has 17 aromatic rings. The van der Waals surface area contributed by atoms with E-state index in [-0.39, 0.29) is 16.2 Å². The lowest BCUT2D eigenvalue weighted by Gasteiger charge is -2.21. The molecule has 0 unspecified atom stereocenters. The molecule has 0 saturated carbocycles. The third-order valence-electron chi connectivity index (χ3n) is 23.0. The topological polar surface area (TPSA) is 47.7 Å². The molecule has 1 N–H and O–H groups in total. The van der Waals surface area contributed by atoms with Crippen LogP contribution in [-0.4, -0.2) is 19.1 Å². The number of hydrogen-bond donors (Lipinski definition) is 1. The normalized spacial score (nSPS) is 14.0. The highest BCUT2D eigenvalue weighted by molar-refractivity contribution is 6.12. The van der Waals surface area contributed by atoms with E-state index in [4.69, 9.17) is 9.97 Å². The Morgan fingerprint density at radius 2 is 0.618 bits per heavy atom. The van der Waals surface area contributed by atoms with Gasteiger partial charge in [0.2, 0.25) is 5.95 Å². The van der Waals surface area contributed by atoms with Crippen LogP contribution < -0.4 is 5.32 Å². The second-order valence-corrected chi connectivity index (χ2v) is 29.8. The van der Waals surface area contributed by atoms with E-state index in [0.29, 0.717) is 11.8 Å². The number of aromatic nitrogens is 4. The van der Waals surface area contributed by atoms with E-state index < -0.39 is 0 Å². The van der Waals surface area contributed by atoms with Gasteiger partial charge in [-0.25, -0.2) is 4.98 Å². The van der Waals surface area contributed by atoms with Gasteiger partial charge in [-0.1, -0.05) is 290 Å². The number of nitrogens with zero attached hydrogens (tertiary/aromatic N) is 4. The maximum atomic E-state index is 5.64. The Morgan fingerprint density at radius 3 is 1.14 bits per heavy atom. The first-order valence-corrected chi connectivity index (χ1v) is 35.7. The van der Waals surface area contributed by atoms with Crippen molar-refractivity contribution in [2.45, 2.75) is 57.8 Å². The minimum Gasteiger partial charge on any atom is -0.340 e. The van der Waals surface area contributed by atoms with Gasteiger partial charge in [0.05, 0.1) is 27.8 Å². The van der Waals surface area contributed by atoms with E-state index in [1.807, 2.05) is 0 Å². The Bertz CT molecular complexity index is 6360. The molecule has 484 valence electrons. The number of fused-ring (bicyclic) bond motifs is 15. The van der Waals surface area contributed by atoms with Crippen molar-refractivity contribution in [2.24, 2.45) is 0 Å². The maximum absolute atomic E-state index is 5.64. The minimum atomic E-state index is -0.0920. The van der Waals surface area contributed by atoms with E-state index in [1.165, 1.54) is 105 Å². The van der Waals surface area contributed by atoms with Crippen LogP contribution in [0, 0.1) is 0 Å². The van der Waals surface area contributed by atoms with Crippen molar-refractivity contribution >= 4 is 55.1 Å². The second-order valence-electron chi connectivity index (χ2n) is 29.8. The highest BCUT2D eigenvalue weighted by Gasteiger charge is 2.38. The standard InChI is InChI=1S/C97H71N5/c1-95(2)81-27-15-10-22-71(81)78-52-63(41-49-84(78)95)66-38-46-70(61-20-8-7-9-21-61)88(55-66)98-93-58-87(99-94(100-93)102-90-31-19-14-26-75(90)77-48-40-68(57-92(77)102)65-43-51-86-80(54-65)73-24-12-17-29-83(73)97(86,5)6)62-34-32-59(33-35-62)60-36-44-69(45-37-60)101-89-30-18-13-25-74(89)76-47-39-67(56-91(76)101)64-42-50-85-79(53-64)72-23-11-16-28-82(72)96(85,3)4/h7-58H,1-6H3,(H,98,99,100). The summed E-state index contributed by atoms with van der Waals surface area (Å²) in [5, 5.41) is 8.72. The summed E-state index contributed by atoms with van der Waals surface area (Å²) < 4.78 is 4.70. The summed E-state index contributed by atoms with van der Waals surface area (Å²) in [6.07, 6.45) is 0. The van der Waals surface area contributed by atoms with Crippen LogP contribution in [0.15, 0.2) is 315 Å². The van der Waals surface area contributed by atoms with Crippen molar-refractivity contribution in [2.75, 3.05) is 5.32 Å². The maximum Gasteiger partial charge on any atom is 0.237 e. The molecule has 3 heterocycles. The molecule has 3 aromatic heterocycles. The average Bonchev–Trinajstić information content (AvgIpc) is 1.59. The molecule has 0 bridgehead atoms. The fraction of sp³-hybridized carbons (Fsp3) is 0.0928.